The molecule has 0 atom stereocenters. The fraction of sp³-hybridized carbons (Fsp3) is 0.467. The number of benzene rings is 1. The molecule has 0 fully saturated rings. The standard InChI is InChI=1S/C15H21Cl2N3O2/c1-20(2)9-8-18-15(21)7-6-14(19-22-3)11-4-5-12(16)13(17)10-11/h4-5,10H,6-9H2,1-3H3,(H,18,21). The number of likely N-dealkylation sites (N-methyl/N-ethyl adjacent to an activating group) is 1. The predicted octanol–water partition coefficient (Wildman–Crippen LogP) is 2.80. The van der Waals surface area contributed by atoms with Crippen molar-refractivity contribution < 1.29 is 9.63 Å². The summed E-state index contributed by atoms with van der Waals surface area (Å²) in [5.41, 5.74) is 1.45. The summed E-state index contributed by atoms with van der Waals surface area (Å²) in [6, 6.07) is 5.21. The van der Waals surface area contributed by atoms with Gasteiger partial charge in [-0.1, -0.05) is 34.4 Å². The summed E-state index contributed by atoms with van der Waals surface area (Å²) in [6.45, 7) is 1.42. The van der Waals surface area contributed by atoms with E-state index in [1.165, 1.54) is 7.11 Å². The first-order valence-corrected chi connectivity index (χ1v) is 7.66. The van der Waals surface area contributed by atoms with Gasteiger partial charge in [-0.3, -0.25) is 4.79 Å². The van der Waals surface area contributed by atoms with E-state index in [-0.39, 0.29) is 5.91 Å². The van der Waals surface area contributed by atoms with E-state index in [4.69, 9.17) is 28.0 Å². The molecule has 7 heteroatoms. The fourth-order valence-electron chi connectivity index (χ4n) is 1.77. The molecule has 1 amide bonds. The van der Waals surface area contributed by atoms with Crippen molar-refractivity contribution in [3.8, 4) is 0 Å². The molecule has 1 aromatic carbocycles. The van der Waals surface area contributed by atoms with E-state index >= 15 is 0 Å². The Bertz CT molecular complexity index is 534. The summed E-state index contributed by atoms with van der Waals surface area (Å²) in [4.78, 5) is 18.7. The van der Waals surface area contributed by atoms with Crippen LogP contribution >= 0.6 is 23.2 Å². The molecule has 122 valence electrons. The molecule has 0 aliphatic rings. The molecule has 0 aliphatic carbocycles. The maximum absolute atomic E-state index is 11.8. The number of rotatable bonds is 8. The van der Waals surface area contributed by atoms with Gasteiger partial charge < -0.3 is 15.1 Å². The Morgan fingerprint density at radius 2 is 2.00 bits per heavy atom. The van der Waals surface area contributed by atoms with E-state index in [9.17, 15) is 4.79 Å². The van der Waals surface area contributed by atoms with Gasteiger partial charge in [0.05, 0.1) is 15.8 Å². The van der Waals surface area contributed by atoms with Crippen molar-refractivity contribution in [1.82, 2.24) is 10.2 Å². The SMILES string of the molecule is CON=C(CCC(=O)NCCN(C)C)c1ccc(Cl)c(Cl)c1. The van der Waals surface area contributed by atoms with Crippen LogP contribution in [0.4, 0.5) is 0 Å². The number of hydrogen-bond acceptors (Lipinski definition) is 4. The zero-order valence-corrected chi connectivity index (χ0v) is 14.5. The Hall–Kier alpha value is -1.30. The average Bonchev–Trinajstić information content (AvgIpc) is 2.46. The van der Waals surface area contributed by atoms with Crippen molar-refractivity contribution in [2.45, 2.75) is 12.8 Å². The van der Waals surface area contributed by atoms with Gasteiger partial charge in [0, 0.05) is 31.5 Å². The quantitative estimate of drug-likeness (QED) is 0.582. The highest BCUT2D eigenvalue weighted by atomic mass is 35.5. The van der Waals surface area contributed by atoms with Crippen LogP contribution < -0.4 is 5.32 Å². The van der Waals surface area contributed by atoms with Gasteiger partial charge >= 0.3 is 0 Å². The van der Waals surface area contributed by atoms with Crippen LogP contribution in [0.5, 0.6) is 0 Å². The van der Waals surface area contributed by atoms with Crippen molar-refractivity contribution in [3.63, 3.8) is 0 Å². The molecule has 22 heavy (non-hydrogen) atoms. The molecule has 5 nitrogen and oxygen atoms in total. The van der Waals surface area contributed by atoms with Crippen molar-refractivity contribution in [3.05, 3.63) is 33.8 Å². The molecule has 0 radical (unpaired) electrons. The van der Waals surface area contributed by atoms with Crippen LogP contribution in [0.25, 0.3) is 0 Å². The summed E-state index contributed by atoms with van der Waals surface area (Å²) < 4.78 is 0. The Balaban J connectivity index is 2.60. The molecular weight excluding hydrogens is 325 g/mol. The molecule has 1 rings (SSSR count). The number of nitrogens with one attached hydrogen (secondary N) is 1. The highest BCUT2D eigenvalue weighted by Gasteiger charge is 2.10. The number of carbonyl (C=O) groups is 1. The second-order valence-corrected chi connectivity index (χ2v) is 5.82. The molecule has 0 heterocycles. The van der Waals surface area contributed by atoms with Gasteiger partial charge in [-0.05, 0) is 26.2 Å². The van der Waals surface area contributed by atoms with Crippen molar-refractivity contribution in [1.29, 1.82) is 0 Å². The summed E-state index contributed by atoms with van der Waals surface area (Å²) in [5, 5.41) is 7.75. The molecule has 0 spiro atoms. The largest absolute Gasteiger partial charge is 0.399 e. The van der Waals surface area contributed by atoms with Crippen LogP contribution in [0.3, 0.4) is 0 Å². The van der Waals surface area contributed by atoms with Crippen LogP contribution in [-0.2, 0) is 9.63 Å². The number of nitrogens with zero attached hydrogens (tertiary/aromatic N) is 2. The predicted molar refractivity (Wildman–Crippen MR) is 90.8 cm³/mol. The molecular formula is C15H21Cl2N3O2. The van der Waals surface area contributed by atoms with Crippen molar-refractivity contribution in [2.24, 2.45) is 5.16 Å². The monoisotopic (exact) mass is 345 g/mol. The molecule has 1 aromatic rings. The van der Waals surface area contributed by atoms with Gasteiger partial charge in [-0.15, -0.1) is 0 Å². The number of carbonyl (C=O) groups excluding carboxylic acids is 1. The summed E-state index contributed by atoms with van der Waals surface area (Å²) in [5.74, 6) is -0.0225. The molecule has 0 aliphatic heterocycles. The van der Waals surface area contributed by atoms with E-state index in [0.717, 1.165) is 12.1 Å². The molecule has 1 N–H and O–H groups in total. The maximum atomic E-state index is 11.8. The highest BCUT2D eigenvalue weighted by molar-refractivity contribution is 6.42. The molecule has 0 saturated carbocycles. The van der Waals surface area contributed by atoms with E-state index < -0.39 is 0 Å². The minimum Gasteiger partial charge on any atom is -0.399 e. The lowest BCUT2D eigenvalue weighted by molar-refractivity contribution is -0.120. The van der Waals surface area contributed by atoms with E-state index in [1.54, 1.807) is 18.2 Å². The fourth-order valence-corrected chi connectivity index (χ4v) is 2.07. The topological polar surface area (TPSA) is 53.9 Å². The first-order valence-electron chi connectivity index (χ1n) is 6.91. The van der Waals surface area contributed by atoms with Crippen molar-refractivity contribution in [2.75, 3.05) is 34.3 Å². The third-order valence-electron chi connectivity index (χ3n) is 2.92. The normalized spacial score (nSPS) is 11.6. The number of oxime groups is 1. The minimum absolute atomic E-state index is 0.0225. The lowest BCUT2D eigenvalue weighted by atomic mass is 10.1. The summed E-state index contributed by atoms with van der Waals surface area (Å²) in [7, 11) is 5.38. The van der Waals surface area contributed by atoms with E-state index in [1.807, 2.05) is 19.0 Å². The average molecular weight is 346 g/mol. The first-order chi connectivity index (χ1) is 10.4. The summed E-state index contributed by atoms with van der Waals surface area (Å²) in [6.07, 6.45) is 0.787. The van der Waals surface area contributed by atoms with Crippen LogP contribution in [0, 0.1) is 0 Å². The van der Waals surface area contributed by atoms with Crippen LogP contribution in [-0.4, -0.2) is 50.8 Å². The zero-order valence-electron chi connectivity index (χ0n) is 13.0. The summed E-state index contributed by atoms with van der Waals surface area (Å²) >= 11 is 11.9. The van der Waals surface area contributed by atoms with E-state index in [2.05, 4.69) is 10.5 Å². The second-order valence-electron chi connectivity index (χ2n) is 5.00. The van der Waals surface area contributed by atoms with Gasteiger partial charge in [-0.2, -0.15) is 0 Å². The molecule has 0 unspecified atom stereocenters. The Morgan fingerprint density at radius 3 is 2.59 bits per heavy atom. The Kier molecular flexibility index (Phi) is 8.24. The third-order valence-corrected chi connectivity index (χ3v) is 3.66. The van der Waals surface area contributed by atoms with Gasteiger partial charge in [0.2, 0.25) is 5.91 Å². The van der Waals surface area contributed by atoms with E-state index in [0.29, 0.717) is 35.1 Å². The van der Waals surface area contributed by atoms with Crippen LogP contribution in [0.1, 0.15) is 18.4 Å². The molecule has 0 saturated heterocycles. The second kappa shape index (κ2) is 9.66. The van der Waals surface area contributed by atoms with Gasteiger partial charge in [0.15, 0.2) is 0 Å². The molecule has 0 aromatic heterocycles. The maximum Gasteiger partial charge on any atom is 0.220 e. The highest BCUT2D eigenvalue weighted by Crippen LogP contribution is 2.23. The van der Waals surface area contributed by atoms with Crippen LogP contribution in [0.15, 0.2) is 23.4 Å². The number of hydrogen-bond donors (Lipinski definition) is 1. The third kappa shape index (κ3) is 6.64. The van der Waals surface area contributed by atoms with Crippen molar-refractivity contribution >= 4 is 34.8 Å². The van der Waals surface area contributed by atoms with Gasteiger partial charge in [-0.25, -0.2) is 0 Å². The van der Waals surface area contributed by atoms with Gasteiger partial charge in [0.1, 0.15) is 7.11 Å². The Morgan fingerprint density at radius 1 is 1.27 bits per heavy atom. The minimum atomic E-state index is -0.0225. The number of amides is 1. The first kappa shape index (κ1) is 18.7. The Labute approximate surface area is 141 Å². The van der Waals surface area contributed by atoms with Crippen LogP contribution in [0.2, 0.25) is 10.0 Å². The van der Waals surface area contributed by atoms with Gasteiger partial charge in [0.25, 0.3) is 0 Å². The lowest BCUT2D eigenvalue weighted by Crippen LogP contribution is -2.31. The smallest absolute Gasteiger partial charge is 0.220 e. The molecule has 0 bridgehead atoms. The lowest BCUT2D eigenvalue weighted by Gasteiger charge is -2.11. The number of halogens is 2. The zero-order chi connectivity index (χ0) is 16.5.